The largest absolute Gasteiger partial charge is 0.354 e. The van der Waals surface area contributed by atoms with Crippen molar-refractivity contribution in [3.05, 3.63) is 101 Å². The van der Waals surface area contributed by atoms with Crippen molar-refractivity contribution in [3.63, 3.8) is 0 Å². The number of rotatable bonds is 14. The molecule has 0 unspecified atom stereocenters. The van der Waals surface area contributed by atoms with Gasteiger partial charge in [-0.1, -0.05) is 80.6 Å². The summed E-state index contributed by atoms with van der Waals surface area (Å²) in [6, 6.07) is 22.4. The smallest absolute Gasteiger partial charge is 0.243 e. The topological polar surface area (TPSA) is 86.8 Å². The maximum Gasteiger partial charge on any atom is 0.243 e. The van der Waals surface area contributed by atoms with Crippen molar-refractivity contribution in [3.8, 4) is 0 Å². The van der Waals surface area contributed by atoms with Crippen LogP contribution in [0.1, 0.15) is 54.5 Å². The van der Waals surface area contributed by atoms with Gasteiger partial charge in [0.15, 0.2) is 0 Å². The van der Waals surface area contributed by atoms with Crippen LogP contribution in [0.5, 0.6) is 0 Å². The first-order chi connectivity index (χ1) is 19.9. The van der Waals surface area contributed by atoms with E-state index in [4.69, 9.17) is 0 Å². The summed E-state index contributed by atoms with van der Waals surface area (Å²) in [5, 5.41) is 3.05. The molecule has 0 heterocycles. The minimum absolute atomic E-state index is 0.103. The number of aryl methyl sites for hydroxylation is 2. The highest BCUT2D eigenvalue weighted by atomic mass is 32.2. The summed E-state index contributed by atoms with van der Waals surface area (Å²) >= 11 is 0. The van der Waals surface area contributed by atoms with Crippen LogP contribution in [0.15, 0.2) is 72.8 Å². The lowest BCUT2D eigenvalue weighted by atomic mass is 10.0. The molecule has 0 saturated heterocycles. The molecule has 0 radical (unpaired) electrons. The Kier molecular flexibility index (Phi) is 11.7. The Hall–Kier alpha value is -3.65. The van der Waals surface area contributed by atoms with Gasteiger partial charge in [0.05, 0.1) is 11.9 Å². The number of carbonyl (C=O) groups excluding carboxylic acids is 2. The molecule has 1 N–H and O–H groups in total. The van der Waals surface area contributed by atoms with Crippen LogP contribution in [0, 0.1) is 26.7 Å². The SMILES string of the molecule is Cc1ccccc1CN(C(=O)CCCN(c1cccc(C)c1C)S(C)(=O)=O)[C@H](Cc1ccccc1)C(=O)NCC(C)C. The second-order valence-corrected chi connectivity index (χ2v) is 13.4. The number of hydrogen-bond acceptors (Lipinski definition) is 4. The van der Waals surface area contributed by atoms with Crippen LogP contribution in [-0.2, 0) is 32.6 Å². The molecule has 226 valence electrons. The molecule has 0 aromatic heterocycles. The highest BCUT2D eigenvalue weighted by Crippen LogP contribution is 2.26. The van der Waals surface area contributed by atoms with Crippen LogP contribution in [0.2, 0.25) is 0 Å². The molecule has 1 atom stereocenters. The summed E-state index contributed by atoms with van der Waals surface area (Å²) in [7, 11) is -3.57. The molecule has 3 rings (SSSR count). The Balaban J connectivity index is 1.91. The van der Waals surface area contributed by atoms with Gasteiger partial charge in [0.25, 0.3) is 0 Å². The van der Waals surface area contributed by atoms with Gasteiger partial charge in [-0.05, 0) is 67.0 Å². The Morgan fingerprint density at radius 2 is 1.50 bits per heavy atom. The molecule has 0 saturated carbocycles. The molecule has 3 aromatic carbocycles. The lowest BCUT2D eigenvalue weighted by molar-refractivity contribution is -0.141. The fourth-order valence-corrected chi connectivity index (χ4v) is 5.95. The maximum absolute atomic E-state index is 14.0. The highest BCUT2D eigenvalue weighted by Gasteiger charge is 2.31. The van der Waals surface area contributed by atoms with Gasteiger partial charge in [-0.25, -0.2) is 8.42 Å². The zero-order valence-corrected chi connectivity index (χ0v) is 26.6. The van der Waals surface area contributed by atoms with E-state index in [0.29, 0.717) is 25.1 Å². The van der Waals surface area contributed by atoms with Crippen LogP contribution in [0.4, 0.5) is 5.69 Å². The van der Waals surface area contributed by atoms with Crippen LogP contribution in [0.3, 0.4) is 0 Å². The van der Waals surface area contributed by atoms with E-state index in [2.05, 4.69) is 5.32 Å². The van der Waals surface area contributed by atoms with E-state index >= 15 is 0 Å². The van der Waals surface area contributed by atoms with Crippen LogP contribution in [0.25, 0.3) is 0 Å². The molecular weight excluding hydrogens is 546 g/mol. The minimum atomic E-state index is -3.57. The molecule has 2 amide bonds. The van der Waals surface area contributed by atoms with E-state index in [-0.39, 0.29) is 37.2 Å². The summed E-state index contributed by atoms with van der Waals surface area (Å²) in [5.41, 5.74) is 5.47. The quantitative estimate of drug-likeness (QED) is 0.266. The minimum Gasteiger partial charge on any atom is -0.354 e. The molecular formula is C34H45N3O4S. The number of benzene rings is 3. The van der Waals surface area contributed by atoms with Gasteiger partial charge in [0.2, 0.25) is 21.8 Å². The standard InChI is InChI=1S/C34H45N3O4S/c1-25(2)23-35-34(39)32(22-29-16-8-7-9-17-29)36(24-30-18-11-10-14-27(30)4)33(38)20-13-21-37(42(6,40)41)31-19-12-15-26(3)28(31)5/h7-12,14-19,25,32H,13,20-24H2,1-6H3,(H,35,39)/t32-/m1/s1. The third kappa shape index (κ3) is 9.18. The number of nitrogens with zero attached hydrogens (tertiary/aromatic N) is 2. The Labute approximate surface area is 252 Å². The third-order valence-electron chi connectivity index (χ3n) is 7.55. The van der Waals surface area contributed by atoms with Gasteiger partial charge in [-0.3, -0.25) is 13.9 Å². The second kappa shape index (κ2) is 15.0. The van der Waals surface area contributed by atoms with Crippen LogP contribution >= 0.6 is 0 Å². The molecule has 0 bridgehead atoms. The van der Waals surface area contributed by atoms with Gasteiger partial charge in [0.1, 0.15) is 6.04 Å². The molecule has 0 fully saturated rings. The van der Waals surface area contributed by atoms with Crippen molar-refractivity contribution in [2.24, 2.45) is 5.92 Å². The molecule has 0 spiro atoms. The summed E-state index contributed by atoms with van der Waals surface area (Å²) in [6.45, 7) is 10.9. The number of anilines is 1. The van der Waals surface area contributed by atoms with E-state index < -0.39 is 16.1 Å². The highest BCUT2D eigenvalue weighted by molar-refractivity contribution is 7.92. The zero-order valence-electron chi connectivity index (χ0n) is 25.8. The molecule has 0 aliphatic heterocycles. The van der Waals surface area contributed by atoms with E-state index in [1.807, 2.05) is 101 Å². The first-order valence-electron chi connectivity index (χ1n) is 14.6. The fourth-order valence-electron chi connectivity index (χ4n) is 4.94. The van der Waals surface area contributed by atoms with E-state index in [0.717, 1.165) is 27.8 Å². The van der Waals surface area contributed by atoms with Crippen molar-refractivity contribution < 1.29 is 18.0 Å². The van der Waals surface area contributed by atoms with Gasteiger partial charge in [-0.2, -0.15) is 0 Å². The molecule has 7 nitrogen and oxygen atoms in total. The van der Waals surface area contributed by atoms with Gasteiger partial charge >= 0.3 is 0 Å². The summed E-state index contributed by atoms with van der Waals surface area (Å²) in [6.07, 6.45) is 1.98. The predicted molar refractivity (Wildman–Crippen MR) is 171 cm³/mol. The lowest BCUT2D eigenvalue weighted by Crippen LogP contribution is -2.51. The van der Waals surface area contributed by atoms with Crippen LogP contribution < -0.4 is 9.62 Å². The van der Waals surface area contributed by atoms with Crippen LogP contribution in [-0.4, -0.2) is 50.5 Å². The normalized spacial score (nSPS) is 12.2. The zero-order chi connectivity index (χ0) is 30.9. The van der Waals surface area contributed by atoms with Crippen molar-refractivity contribution >= 4 is 27.5 Å². The first-order valence-corrected chi connectivity index (χ1v) is 16.4. The molecule has 42 heavy (non-hydrogen) atoms. The van der Waals surface area contributed by atoms with Crippen molar-refractivity contribution in [1.82, 2.24) is 10.2 Å². The second-order valence-electron chi connectivity index (χ2n) is 11.5. The Morgan fingerprint density at radius 1 is 0.857 bits per heavy atom. The van der Waals surface area contributed by atoms with E-state index in [9.17, 15) is 18.0 Å². The van der Waals surface area contributed by atoms with Crippen molar-refractivity contribution in [2.45, 2.75) is 66.5 Å². The summed E-state index contributed by atoms with van der Waals surface area (Å²) in [4.78, 5) is 29.3. The number of sulfonamides is 1. The average Bonchev–Trinajstić information content (AvgIpc) is 2.94. The van der Waals surface area contributed by atoms with Crippen molar-refractivity contribution in [2.75, 3.05) is 23.7 Å². The number of hydrogen-bond donors (Lipinski definition) is 1. The predicted octanol–water partition coefficient (Wildman–Crippen LogP) is 5.57. The molecule has 8 heteroatoms. The molecule has 0 aliphatic rings. The summed E-state index contributed by atoms with van der Waals surface area (Å²) in [5.74, 6) is -0.116. The van der Waals surface area contributed by atoms with Gasteiger partial charge in [-0.15, -0.1) is 0 Å². The number of nitrogens with one attached hydrogen (secondary N) is 1. The third-order valence-corrected chi connectivity index (χ3v) is 8.73. The van der Waals surface area contributed by atoms with E-state index in [1.54, 1.807) is 11.0 Å². The Morgan fingerprint density at radius 3 is 2.14 bits per heavy atom. The fraction of sp³-hybridized carbons (Fsp3) is 0.412. The average molecular weight is 592 g/mol. The molecule has 3 aromatic rings. The van der Waals surface area contributed by atoms with Gasteiger partial charge in [0, 0.05) is 32.5 Å². The van der Waals surface area contributed by atoms with E-state index in [1.165, 1.54) is 10.6 Å². The summed E-state index contributed by atoms with van der Waals surface area (Å²) < 4.78 is 27.0. The Bertz CT molecular complexity index is 1450. The number of amides is 2. The van der Waals surface area contributed by atoms with Gasteiger partial charge < -0.3 is 10.2 Å². The monoisotopic (exact) mass is 591 g/mol. The lowest BCUT2D eigenvalue weighted by Gasteiger charge is -2.32. The van der Waals surface area contributed by atoms with Crippen molar-refractivity contribution in [1.29, 1.82) is 0 Å². The number of carbonyl (C=O) groups is 2. The molecule has 0 aliphatic carbocycles. The first kappa shape index (κ1) is 32.9. The maximum atomic E-state index is 14.0.